The van der Waals surface area contributed by atoms with Crippen LogP contribution in [0.5, 0.6) is 0 Å². The Balaban J connectivity index is 1.74. The number of fused-ring (bicyclic) bond motifs is 3. The maximum atomic E-state index is 4.58. The van der Waals surface area contributed by atoms with Crippen molar-refractivity contribution in [1.82, 2.24) is 4.57 Å². The number of aryl methyl sites for hydroxylation is 1. The molecule has 0 N–H and O–H groups in total. The summed E-state index contributed by atoms with van der Waals surface area (Å²) in [5.41, 5.74) is 4.74. The van der Waals surface area contributed by atoms with Crippen molar-refractivity contribution < 1.29 is 0 Å². The highest BCUT2D eigenvalue weighted by Crippen LogP contribution is 2.29. The van der Waals surface area contributed by atoms with Crippen LogP contribution in [0.2, 0.25) is 0 Å². The van der Waals surface area contributed by atoms with E-state index in [0.29, 0.717) is 0 Å². The summed E-state index contributed by atoms with van der Waals surface area (Å²) in [6.45, 7) is 3.16. The van der Waals surface area contributed by atoms with Crippen LogP contribution in [-0.2, 0) is 6.54 Å². The summed E-state index contributed by atoms with van der Waals surface area (Å²) >= 11 is 0. The van der Waals surface area contributed by atoms with Gasteiger partial charge in [0.25, 0.3) is 0 Å². The lowest BCUT2D eigenvalue weighted by Crippen LogP contribution is -2.08. The van der Waals surface area contributed by atoms with Crippen LogP contribution < -0.4 is 5.01 Å². The number of nitrogens with zero attached hydrogens (tertiary/aromatic N) is 3. The van der Waals surface area contributed by atoms with E-state index in [0.717, 1.165) is 17.8 Å². The van der Waals surface area contributed by atoms with Crippen molar-refractivity contribution in [1.29, 1.82) is 0 Å². The van der Waals surface area contributed by atoms with Crippen LogP contribution >= 0.6 is 0 Å². The molecule has 0 amide bonds. The number of para-hydroxylation sites is 2. The predicted molar refractivity (Wildman–Crippen MR) is 108 cm³/mol. The van der Waals surface area contributed by atoms with Crippen LogP contribution in [0.15, 0.2) is 77.9 Å². The Bertz CT molecular complexity index is 1040. The number of aromatic nitrogens is 1. The van der Waals surface area contributed by atoms with E-state index in [2.05, 4.69) is 71.2 Å². The fourth-order valence-corrected chi connectivity index (χ4v) is 3.36. The van der Waals surface area contributed by atoms with E-state index in [1.165, 1.54) is 21.8 Å². The van der Waals surface area contributed by atoms with Crippen LogP contribution in [-0.4, -0.2) is 17.8 Å². The molecule has 0 aliphatic carbocycles. The maximum absolute atomic E-state index is 4.58. The molecule has 1 aromatic heterocycles. The van der Waals surface area contributed by atoms with E-state index in [1.54, 1.807) is 0 Å². The van der Waals surface area contributed by atoms with Gasteiger partial charge in [-0.2, -0.15) is 5.10 Å². The number of hydrazone groups is 1. The van der Waals surface area contributed by atoms with Crippen LogP contribution in [0.4, 0.5) is 5.69 Å². The Kier molecular flexibility index (Phi) is 3.98. The van der Waals surface area contributed by atoms with Crippen molar-refractivity contribution in [3.05, 3.63) is 78.4 Å². The molecule has 0 atom stereocenters. The Morgan fingerprint density at radius 3 is 2.40 bits per heavy atom. The smallest absolute Gasteiger partial charge is 0.0590 e. The first-order valence-electron chi connectivity index (χ1n) is 8.61. The van der Waals surface area contributed by atoms with Gasteiger partial charge in [-0.25, -0.2) is 0 Å². The fourth-order valence-electron chi connectivity index (χ4n) is 3.36. The van der Waals surface area contributed by atoms with Crippen molar-refractivity contribution >= 4 is 33.7 Å². The van der Waals surface area contributed by atoms with Gasteiger partial charge in [-0.1, -0.05) is 42.5 Å². The summed E-state index contributed by atoms with van der Waals surface area (Å²) in [5, 5.41) is 9.05. The van der Waals surface area contributed by atoms with Crippen molar-refractivity contribution in [2.75, 3.05) is 12.1 Å². The molecule has 0 spiro atoms. The molecule has 25 heavy (non-hydrogen) atoms. The van der Waals surface area contributed by atoms with E-state index in [1.807, 2.05) is 36.5 Å². The number of benzene rings is 3. The molecule has 0 aliphatic heterocycles. The largest absolute Gasteiger partial charge is 0.341 e. The molecule has 1 heterocycles. The predicted octanol–water partition coefficient (Wildman–Crippen LogP) is 5.28. The molecule has 3 nitrogen and oxygen atoms in total. The third-order valence-electron chi connectivity index (χ3n) is 4.62. The summed E-state index contributed by atoms with van der Waals surface area (Å²) in [6, 6.07) is 25.3. The standard InChI is InChI=1S/C22H21N3/c1-3-25-21-12-8-7-11-19(21)20-15-17(13-14-22(20)25)16-23-24(2)18-9-5-4-6-10-18/h4-16H,3H2,1-2H3/b23-16-. The van der Waals surface area contributed by atoms with Crippen LogP contribution in [0, 0.1) is 0 Å². The molecule has 4 rings (SSSR count). The minimum absolute atomic E-state index is 0.966. The summed E-state index contributed by atoms with van der Waals surface area (Å²) in [4.78, 5) is 0. The molecular weight excluding hydrogens is 306 g/mol. The number of hydrogen-bond donors (Lipinski definition) is 0. The number of anilines is 1. The first kappa shape index (κ1) is 15.5. The van der Waals surface area contributed by atoms with Gasteiger partial charge in [-0.15, -0.1) is 0 Å². The highest BCUT2D eigenvalue weighted by molar-refractivity contribution is 6.09. The normalized spacial score (nSPS) is 11.6. The van der Waals surface area contributed by atoms with Crippen molar-refractivity contribution in [2.45, 2.75) is 13.5 Å². The third kappa shape index (κ3) is 2.78. The highest BCUT2D eigenvalue weighted by Gasteiger charge is 2.09. The van der Waals surface area contributed by atoms with Crippen LogP contribution in [0.25, 0.3) is 21.8 Å². The second-order valence-electron chi connectivity index (χ2n) is 6.14. The van der Waals surface area contributed by atoms with Gasteiger partial charge < -0.3 is 4.57 Å². The lowest BCUT2D eigenvalue weighted by Gasteiger charge is -2.12. The van der Waals surface area contributed by atoms with Gasteiger partial charge >= 0.3 is 0 Å². The number of rotatable bonds is 4. The summed E-state index contributed by atoms with van der Waals surface area (Å²) < 4.78 is 2.36. The molecule has 3 aromatic carbocycles. The molecular formula is C22H21N3. The molecule has 0 saturated carbocycles. The topological polar surface area (TPSA) is 20.5 Å². The molecule has 0 bridgehead atoms. The van der Waals surface area contributed by atoms with E-state index in [-0.39, 0.29) is 0 Å². The third-order valence-corrected chi connectivity index (χ3v) is 4.62. The monoisotopic (exact) mass is 327 g/mol. The highest BCUT2D eigenvalue weighted by atomic mass is 15.4. The van der Waals surface area contributed by atoms with Crippen LogP contribution in [0.3, 0.4) is 0 Å². The number of hydrogen-bond acceptors (Lipinski definition) is 2. The van der Waals surface area contributed by atoms with Gasteiger partial charge in [-0.3, -0.25) is 5.01 Å². The van der Waals surface area contributed by atoms with E-state index in [4.69, 9.17) is 0 Å². The van der Waals surface area contributed by atoms with E-state index >= 15 is 0 Å². The van der Waals surface area contributed by atoms with Crippen molar-refractivity contribution in [3.8, 4) is 0 Å². The van der Waals surface area contributed by atoms with Gasteiger partial charge in [0.2, 0.25) is 0 Å². The van der Waals surface area contributed by atoms with Gasteiger partial charge in [0.05, 0.1) is 11.9 Å². The average molecular weight is 327 g/mol. The quantitative estimate of drug-likeness (QED) is 0.369. The zero-order valence-corrected chi connectivity index (χ0v) is 14.6. The molecule has 0 unspecified atom stereocenters. The minimum Gasteiger partial charge on any atom is -0.341 e. The summed E-state index contributed by atoms with van der Waals surface area (Å²) in [5.74, 6) is 0. The van der Waals surface area contributed by atoms with E-state index < -0.39 is 0 Å². The maximum Gasteiger partial charge on any atom is 0.0590 e. The van der Waals surface area contributed by atoms with Gasteiger partial charge in [0.15, 0.2) is 0 Å². The summed E-state index contributed by atoms with van der Waals surface area (Å²) in [7, 11) is 1.97. The molecule has 124 valence electrons. The second kappa shape index (κ2) is 6.44. The Labute approximate surface area is 147 Å². The minimum atomic E-state index is 0.966. The first-order valence-corrected chi connectivity index (χ1v) is 8.61. The Hall–Kier alpha value is -3.07. The van der Waals surface area contributed by atoms with Crippen molar-refractivity contribution in [2.24, 2.45) is 5.10 Å². The van der Waals surface area contributed by atoms with Gasteiger partial charge in [0, 0.05) is 35.4 Å². The van der Waals surface area contributed by atoms with Crippen molar-refractivity contribution in [3.63, 3.8) is 0 Å². The molecule has 3 heteroatoms. The lowest BCUT2D eigenvalue weighted by molar-refractivity contribution is 0.827. The zero-order chi connectivity index (χ0) is 17.2. The fraction of sp³-hybridized carbons (Fsp3) is 0.136. The molecule has 4 aromatic rings. The molecule has 0 radical (unpaired) electrons. The van der Waals surface area contributed by atoms with E-state index in [9.17, 15) is 0 Å². The summed E-state index contributed by atoms with van der Waals surface area (Å²) in [6.07, 6.45) is 1.92. The first-order chi connectivity index (χ1) is 12.3. The SMILES string of the molecule is CCn1c2ccccc2c2cc(/C=N\N(C)c3ccccc3)ccc21. The van der Waals surface area contributed by atoms with Crippen LogP contribution in [0.1, 0.15) is 12.5 Å². The molecule has 0 fully saturated rings. The zero-order valence-electron chi connectivity index (χ0n) is 14.6. The van der Waals surface area contributed by atoms with Gasteiger partial charge in [-0.05, 0) is 42.8 Å². The molecule has 0 saturated heterocycles. The Morgan fingerprint density at radius 2 is 1.60 bits per heavy atom. The lowest BCUT2D eigenvalue weighted by atomic mass is 10.1. The molecule has 0 aliphatic rings. The Morgan fingerprint density at radius 1 is 0.880 bits per heavy atom. The average Bonchev–Trinajstić information content (AvgIpc) is 3.00. The van der Waals surface area contributed by atoms with Gasteiger partial charge in [0.1, 0.15) is 0 Å². The second-order valence-corrected chi connectivity index (χ2v) is 6.14.